The number of hydrogen-bond acceptors (Lipinski definition) is 0. The first-order valence-corrected chi connectivity index (χ1v) is 8.95. The van der Waals surface area contributed by atoms with Crippen LogP contribution in [-0.2, 0) is 0 Å². The Morgan fingerprint density at radius 2 is 1.38 bits per heavy atom. The van der Waals surface area contributed by atoms with Crippen molar-refractivity contribution in [2.24, 2.45) is 11.8 Å². The van der Waals surface area contributed by atoms with Crippen LogP contribution in [0.15, 0.2) is 54.6 Å². The van der Waals surface area contributed by atoms with E-state index in [-0.39, 0.29) is 0 Å². The minimum Gasteiger partial charge on any atom is -0.0836 e. The fraction of sp³-hybridized carbons (Fsp3) is 0.400. The van der Waals surface area contributed by atoms with Gasteiger partial charge in [-0.25, -0.2) is 0 Å². The third kappa shape index (κ3) is 3.58. The Kier molecular flexibility index (Phi) is 4.80. The molecule has 0 amide bonds. The zero-order valence-electron chi connectivity index (χ0n) is 12.6. The second-order valence-electron chi connectivity index (χ2n) is 6.41. The maximum Gasteiger partial charge on any atom is 0.0423 e. The lowest BCUT2D eigenvalue weighted by Gasteiger charge is -2.30. The van der Waals surface area contributed by atoms with Crippen molar-refractivity contribution in [3.05, 3.63) is 60.2 Å². The zero-order chi connectivity index (χ0) is 14.7. The van der Waals surface area contributed by atoms with E-state index in [1.807, 2.05) is 0 Å². The molecule has 2 aromatic rings. The molecule has 1 unspecified atom stereocenters. The molecule has 2 aromatic carbocycles. The van der Waals surface area contributed by atoms with Crippen LogP contribution in [0.1, 0.15) is 43.0 Å². The Morgan fingerprint density at radius 3 is 2.00 bits per heavy atom. The molecule has 0 radical (unpaired) electrons. The summed E-state index contributed by atoms with van der Waals surface area (Å²) in [6, 6.07) is 19.7. The largest absolute Gasteiger partial charge is 0.0836 e. The first-order valence-electron chi connectivity index (χ1n) is 8.03. The summed E-state index contributed by atoms with van der Waals surface area (Å²) >= 11 is 3.95. The molecule has 0 heterocycles. The number of hydrogen-bond donors (Lipinski definition) is 0. The third-order valence-electron chi connectivity index (χ3n) is 4.81. The van der Waals surface area contributed by atoms with Gasteiger partial charge in [0.25, 0.3) is 0 Å². The van der Waals surface area contributed by atoms with Crippen LogP contribution in [0.25, 0.3) is 11.1 Å². The van der Waals surface area contributed by atoms with Crippen molar-refractivity contribution in [2.45, 2.75) is 37.4 Å². The molecule has 0 saturated heterocycles. The summed E-state index contributed by atoms with van der Waals surface area (Å²) < 4.78 is 0. The third-order valence-corrected chi connectivity index (χ3v) is 6.09. The molecule has 1 saturated carbocycles. The van der Waals surface area contributed by atoms with Gasteiger partial charge in [0, 0.05) is 4.83 Å². The minimum absolute atomic E-state index is 0.509. The van der Waals surface area contributed by atoms with E-state index in [9.17, 15) is 0 Å². The monoisotopic (exact) mass is 342 g/mol. The predicted molar refractivity (Wildman–Crippen MR) is 94.7 cm³/mol. The van der Waals surface area contributed by atoms with Crippen LogP contribution < -0.4 is 0 Å². The summed E-state index contributed by atoms with van der Waals surface area (Å²) in [5.41, 5.74) is 4.02. The van der Waals surface area contributed by atoms with Gasteiger partial charge in [-0.3, -0.25) is 0 Å². The summed E-state index contributed by atoms with van der Waals surface area (Å²) in [5.74, 6) is 1.71. The summed E-state index contributed by atoms with van der Waals surface area (Å²) in [5, 5.41) is 0. The molecule has 0 nitrogen and oxygen atoms in total. The van der Waals surface area contributed by atoms with Gasteiger partial charge in [0.05, 0.1) is 0 Å². The second-order valence-corrected chi connectivity index (χ2v) is 7.40. The summed E-state index contributed by atoms with van der Waals surface area (Å²) in [6.45, 7) is 2.38. The Balaban J connectivity index is 1.72. The maximum atomic E-state index is 3.95. The number of alkyl halides is 1. The van der Waals surface area contributed by atoms with E-state index in [1.165, 1.54) is 42.4 Å². The molecule has 1 fully saturated rings. The lowest BCUT2D eigenvalue weighted by atomic mass is 9.80. The Bertz CT molecular complexity index is 550. The van der Waals surface area contributed by atoms with E-state index in [4.69, 9.17) is 0 Å². The molecule has 1 heteroatoms. The van der Waals surface area contributed by atoms with E-state index in [0.717, 1.165) is 11.8 Å². The number of rotatable bonds is 3. The molecular formula is C20H23Br. The van der Waals surface area contributed by atoms with Crippen molar-refractivity contribution in [3.63, 3.8) is 0 Å². The molecule has 110 valence electrons. The SMILES string of the molecule is CC1CCC(C(Br)c2ccc(-c3ccccc3)cc2)CC1. The molecule has 1 aliphatic carbocycles. The fourth-order valence-corrected chi connectivity index (χ4v) is 4.17. The van der Waals surface area contributed by atoms with Crippen molar-refractivity contribution in [1.29, 1.82) is 0 Å². The van der Waals surface area contributed by atoms with Crippen LogP contribution in [0.3, 0.4) is 0 Å². The van der Waals surface area contributed by atoms with Gasteiger partial charge >= 0.3 is 0 Å². The average molecular weight is 343 g/mol. The van der Waals surface area contributed by atoms with Gasteiger partial charge in [-0.15, -0.1) is 0 Å². The topological polar surface area (TPSA) is 0 Å². The fourth-order valence-electron chi connectivity index (χ4n) is 3.34. The normalized spacial score (nSPS) is 23.7. The van der Waals surface area contributed by atoms with Crippen molar-refractivity contribution in [3.8, 4) is 11.1 Å². The van der Waals surface area contributed by atoms with Gasteiger partial charge in [0.1, 0.15) is 0 Å². The van der Waals surface area contributed by atoms with E-state index in [2.05, 4.69) is 77.5 Å². The van der Waals surface area contributed by atoms with Crippen molar-refractivity contribution in [2.75, 3.05) is 0 Å². The molecule has 1 atom stereocenters. The molecule has 0 bridgehead atoms. The van der Waals surface area contributed by atoms with Crippen molar-refractivity contribution >= 4 is 15.9 Å². The van der Waals surface area contributed by atoms with E-state index < -0.39 is 0 Å². The van der Waals surface area contributed by atoms with Crippen molar-refractivity contribution < 1.29 is 0 Å². The molecule has 0 N–H and O–H groups in total. The smallest absolute Gasteiger partial charge is 0.0423 e. The second kappa shape index (κ2) is 6.79. The lowest BCUT2D eigenvalue weighted by molar-refractivity contribution is 0.287. The first kappa shape index (κ1) is 14.8. The zero-order valence-corrected chi connectivity index (χ0v) is 14.2. The molecule has 0 aliphatic heterocycles. The molecule has 0 spiro atoms. The Hall–Kier alpha value is -1.08. The predicted octanol–water partition coefficient (Wildman–Crippen LogP) is 6.62. The first-order chi connectivity index (χ1) is 10.2. The minimum atomic E-state index is 0.509. The summed E-state index contributed by atoms with van der Waals surface area (Å²) in [4.78, 5) is 0.509. The van der Waals surface area contributed by atoms with Gasteiger partial charge in [0.2, 0.25) is 0 Å². The Morgan fingerprint density at radius 1 is 0.810 bits per heavy atom. The van der Waals surface area contributed by atoms with Crippen LogP contribution in [0.5, 0.6) is 0 Å². The molecule has 3 rings (SSSR count). The van der Waals surface area contributed by atoms with Crippen LogP contribution >= 0.6 is 15.9 Å². The van der Waals surface area contributed by atoms with Crippen LogP contribution in [-0.4, -0.2) is 0 Å². The number of benzene rings is 2. The molecular weight excluding hydrogens is 320 g/mol. The highest BCUT2D eigenvalue weighted by atomic mass is 79.9. The van der Waals surface area contributed by atoms with E-state index in [0.29, 0.717) is 4.83 Å². The van der Waals surface area contributed by atoms with Crippen LogP contribution in [0.4, 0.5) is 0 Å². The van der Waals surface area contributed by atoms with Crippen molar-refractivity contribution in [1.82, 2.24) is 0 Å². The lowest BCUT2D eigenvalue weighted by Crippen LogP contribution is -2.16. The highest BCUT2D eigenvalue weighted by molar-refractivity contribution is 9.09. The van der Waals surface area contributed by atoms with Gasteiger partial charge in [-0.2, -0.15) is 0 Å². The highest BCUT2D eigenvalue weighted by Gasteiger charge is 2.25. The standard InChI is InChI=1S/C20H23Br/c1-15-7-9-18(10-8-15)20(21)19-13-11-17(12-14-19)16-5-3-2-4-6-16/h2-6,11-15,18,20H,7-10H2,1H3. The van der Waals surface area contributed by atoms with Gasteiger partial charge < -0.3 is 0 Å². The van der Waals surface area contributed by atoms with Crippen LogP contribution in [0, 0.1) is 11.8 Å². The maximum absolute atomic E-state index is 3.95. The van der Waals surface area contributed by atoms with Gasteiger partial charge in [-0.1, -0.05) is 90.3 Å². The van der Waals surface area contributed by atoms with Gasteiger partial charge in [0.15, 0.2) is 0 Å². The summed E-state index contributed by atoms with van der Waals surface area (Å²) in [6.07, 6.45) is 5.48. The van der Waals surface area contributed by atoms with Gasteiger partial charge in [-0.05, 0) is 41.4 Å². The number of halogens is 1. The molecule has 1 aliphatic rings. The van der Waals surface area contributed by atoms with E-state index in [1.54, 1.807) is 0 Å². The highest BCUT2D eigenvalue weighted by Crippen LogP contribution is 2.41. The Labute approximate surface area is 136 Å². The molecule has 21 heavy (non-hydrogen) atoms. The molecule has 0 aromatic heterocycles. The quantitative estimate of drug-likeness (QED) is 0.550. The average Bonchev–Trinajstić information content (AvgIpc) is 2.56. The van der Waals surface area contributed by atoms with E-state index >= 15 is 0 Å². The van der Waals surface area contributed by atoms with Crippen LogP contribution in [0.2, 0.25) is 0 Å². The summed E-state index contributed by atoms with van der Waals surface area (Å²) in [7, 11) is 0.